The Balaban J connectivity index is 2.94. The molecule has 1 rings (SSSR count). The fourth-order valence-corrected chi connectivity index (χ4v) is 1.93. The van der Waals surface area contributed by atoms with E-state index in [-0.39, 0.29) is 12.6 Å². The van der Waals surface area contributed by atoms with Gasteiger partial charge in [0.1, 0.15) is 0 Å². The van der Waals surface area contributed by atoms with Crippen LogP contribution in [0.3, 0.4) is 0 Å². The first-order valence-electron chi connectivity index (χ1n) is 6.56. The molecule has 5 nitrogen and oxygen atoms in total. The summed E-state index contributed by atoms with van der Waals surface area (Å²) in [7, 11) is 0. The van der Waals surface area contributed by atoms with E-state index in [1.165, 1.54) is 0 Å². The smallest absolute Gasteiger partial charge is 0.338 e. The van der Waals surface area contributed by atoms with Crippen LogP contribution in [0.25, 0.3) is 0 Å². The fraction of sp³-hybridized carbons (Fsp3) is 0.500. The number of anilines is 2. The molecule has 0 aliphatic carbocycles. The second-order valence-corrected chi connectivity index (χ2v) is 4.20. The maximum atomic E-state index is 11.6. The lowest BCUT2D eigenvalue weighted by molar-refractivity contribution is 0.0526. The third-order valence-electron chi connectivity index (χ3n) is 2.74. The number of esters is 1. The van der Waals surface area contributed by atoms with Crippen molar-refractivity contribution in [3.05, 3.63) is 23.8 Å². The van der Waals surface area contributed by atoms with Crippen LogP contribution in [0.4, 0.5) is 11.4 Å². The molecule has 106 valence electrons. The molecule has 0 atom stereocenters. The van der Waals surface area contributed by atoms with Gasteiger partial charge in [-0.1, -0.05) is 6.92 Å². The van der Waals surface area contributed by atoms with E-state index in [0.29, 0.717) is 24.4 Å². The summed E-state index contributed by atoms with van der Waals surface area (Å²) in [6.45, 7) is 5.57. The van der Waals surface area contributed by atoms with E-state index in [2.05, 4.69) is 6.92 Å². The van der Waals surface area contributed by atoms with Gasteiger partial charge >= 0.3 is 5.97 Å². The van der Waals surface area contributed by atoms with E-state index < -0.39 is 0 Å². The van der Waals surface area contributed by atoms with E-state index in [1.807, 2.05) is 4.90 Å². The number of aliphatic hydroxyl groups is 1. The van der Waals surface area contributed by atoms with Crippen molar-refractivity contribution < 1.29 is 14.6 Å². The molecule has 0 radical (unpaired) electrons. The number of nitrogen functional groups attached to an aromatic ring is 1. The molecule has 0 amide bonds. The number of nitrogens with two attached hydrogens (primary N) is 1. The molecule has 0 heterocycles. The molecule has 0 fully saturated rings. The minimum absolute atomic E-state index is 0.0685. The number of carbonyl (C=O) groups excluding carboxylic acids is 1. The average molecular weight is 266 g/mol. The summed E-state index contributed by atoms with van der Waals surface area (Å²) in [5, 5.41) is 9.07. The van der Waals surface area contributed by atoms with Crippen LogP contribution in [0.2, 0.25) is 0 Å². The van der Waals surface area contributed by atoms with E-state index in [4.69, 9.17) is 15.6 Å². The van der Waals surface area contributed by atoms with Crippen molar-refractivity contribution in [2.24, 2.45) is 0 Å². The summed E-state index contributed by atoms with van der Waals surface area (Å²) in [5.41, 5.74) is 7.79. The summed E-state index contributed by atoms with van der Waals surface area (Å²) in [4.78, 5) is 13.6. The van der Waals surface area contributed by atoms with Crippen molar-refractivity contribution in [1.82, 2.24) is 0 Å². The molecule has 0 spiro atoms. The van der Waals surface area contributed by atoms with Crippen LogP contribution in [0.15, 0.2) is 18.2 Å². The van der Waals surface area contributed by atoms with Gasteiger partial charge in [0.2, 0.25) is 0 Å². The SMILES string of the molecule is CCCN(CCO)c1ccc(C(=O)OCC)cc1N. The first kappa shape index (κ1) is 15.3. The summed E-state index contributed by atoms with van der Waals surface area (Å²) >= 11 is 0. The predicted molar refractivity (Wildman–Crippen MR) is 76.4 cm³/mol. The van der Waals surface area contributed by atoms with Crippen LogP contribution in [-0.2, 0) is 4.74 Å². The van der Waals surface area contributed by atoms with Gasteiger partial charge in [0.15, 0.2) is 0 Å². The molecule has 0 aliphatic heterocycles. The molecule has 3 N–H and O–H groups in total. The van der Waals surface area contributed by atoms with Crippen molar-refractivity contribution in [2.75, 3.05) is 36.9 Å². The molecular formula is C14H22N2O3. The second-order valence-electron chi connectivity index (χ2n) is 4.20. The summed E-state index contributed by atoms with van der Waals surface area (Å²) in [6.07, 6.45) is 0.957. The van der Waals surface area contributed by atoms with Gasteiger partial charge in [0.25, 0.3) is 0 Å². The number of aliphatic hydroxyl groups excluding tert-OH is 1. The Morgan fingerprint density at radius 2 is 2.11 bits per heavy atom. The van der Waals surface area contributed by atoms with Crippen molar-refractivity contribution in [3.63, 3.8) is 0 Å². The van der Waals surface area contributed by atoms with Gasteiger partial charge in [0.05, 0.1) is 30.2 Å². The Kier molecular flexibility index (Phi) is 6.15. The summed E-state index contributed by atoms with van der Waals surface area (Å²) < 4.78 is 4.93. The molecule has 0 bridgehead atoms. The zero-order valence-corrected chi connectivity index (χ0v) is 11.6. The lowest BCUT2D eigenvalue weighted by Gasteiger charge is -2.25. The Morgan fingerprint density at radius 1 is 1.37 bits per heavy atom. The van der Waals surface area contributed by atoms with Gasteiger partial charge in [-0.25, -0.2) is 4.79 Å². The monoisotopic (exact) mass is 266 g/mol. The number of hydrogen-bond donors (Lipinski definition) is 2. The third-order valence-corrected chi connectivity index (χ3v) is 2.74. The highest BCUT2D eigenvalue weighted by atomic mass is 16.5. The van der Waals surface area contributed by atoms with Gasteiger partial charge in [0, 0.05) is 13.1 Å². The zero-order chi connectivity index (χ0) is 14.3. The number of ether oxygens (including phenoxy) is 1. The van der Waals surface area contributed by atoms with Crippen LogP contribution in [0, 0.1) is 0 Å². The number of benzene rings is 1. The maximum absolute atomic E-state index is 11.6. The number of carbonyl (C=O) groups is 1. The molecule has 0 saturated carbocycles. The molecule has 1 aromatic rings. The Morgan fingerprint density at radius 3 is 2.63 bits per heavy atom. The first-order valence-corrected chi connectivity index (χ1v) is 6.56. The molecule has 0 aromatic heterocycles. The van der Waals surface area contributed by atoms with Crippen molar-refractivity contribution in [2.45, 2.75) is 20.3 Å². The van der Waals surface area contributed by atoms with Crippen molar-refractivity contribution >= 4 is 17.3 Å². The van der Waals surface area contributed by atoms with E-state index in [0.717, 1.165) is 18.7 Å². The van der Waals surface area contributed by atoms with E-state index in [1.54, 1.807) is 25.1 Å². The fourth-order valence-electron chi connectivity index (χ4n) is 1.93. The highest BCUT2D eigenvalue weighted by Gasteiger charge is 2.12. The zero-order valence-electron chi connectivity index (χ0n) is 11.6. The highest BCUT2D eigenvalue weighted by Crippen LogP contribution is 2.24. The van der Waals surface area contributed by atoms with Gasteiger partial charge in [-0.2, -0.15) is 0 Å². The summed E-state index contributed by atoms with van der Waals surface area (Å²) in [5.74, 6) is -0.370. The minimum Gasteiger partial charge on any atom is -0.462 e. The van der Waals surface area contributed by atoms with Gasteiger partial charge in [-0.05, 0) is 31.5 Å². The van der Waals surface area contributed by atoms with Crippen LogP contribution in [0.5, 0.6) is 0 Å². The minimum atomic E-state index is -0.370. The Bertz CT molecular complexity index is 415. The lowest BCUT2D eigenvalue weighted by Crippen LogP contribution is -2.28. The van der Waals surface area contributed by atoms with E-state index in [9.17, 15) is 4.79 Å². The topological polar surface area (TPSA) is 75.8 Å². The van der Waals surface area contributed by atoms with E-state index >= 15 is 0 Å². The standard InChI is InChI=1S/C14H22N2O3/c1-3-7-16(8-9-17)13-6-5-11(10-12(13)15)14(18)19-4-2/h5-6,10,17H,3-4,7-9,15H2,1-2H3. The lowest BCUT2D eigenvalue weighted by atomic mass is 10.1. The van der Waals surface area contributed by atoms with Crippen LogP contribution in [-0.4, -0.2) is 37.4 Å². The second kappa shape index (κ2) is 7.63. The first-order chi connectivity index (χ1) is 9.13. The molecule has 0 unspecified atom stereocenters. The van der Waals surface area contributed by atoms with Crippen LogP contribution >= 0.6 is 0 Å². The van der Waals surface area contributed by atoms with Gasteiger partial charge < -0.3 is 20.5 Å². The highest BCUT2D eigenvalue weighted by molar-refractivity contribution is 5.92. The number of rotatable bonds is 7. The Labute approximate surface area is 114 Å². The Hall–Kier alpha value is -1.75. The normalized spacial score (nSPS) is 10.3. The molecular weight excluding hydrogens is 244 g/mol. The van der Waals surface area contributed by atoms with Gasteiger partial charge in [-0.3, -0.25) is 0 Å². The third kappa shape index (κ3) is 4.13. The number of nitrogens with zero attached hydrogens (tertiary/aromatic N) is 1. The van der Waals surface area contributed by atoms with Crippen molar-refractivity contribution in [1.29, 1.82) is 0 Å². The molecule has 0 saturated heterocycles. The van der Waals surface area contributed by atoms with Gasteiger partial charge in [-0.15, -0.1) is 0 Å². The maximum Gasteiger partial charge on any atom is 0.338 e. The predicted octanol–water partition coefficient (Wildman–Crippen LogP) is 1.65. The molecule has 1 aromatic carbocycles. The average Bonchev–Trinajstić information content (AvgIpc) is 2.39. The quantitative estimate of drug-likeness (QED) is 0.580. The molecule has 0 aliphatic rings. The summed E-state index contributed by atoms with van der Waals surface area (Å²) in [6, 6.07) is 5.12. The number of hydrogen-bond acceptors (Lipinski definition) is 5. The molecule has 19 heavy (non-hydrogen) atoms. The van der Waals surface area contributed by atoms with Crippen molar-refractivity contribution in [3.8, 4) is 0 Å². The molecule has 5 heteroatoms. The van der Waals surface area contributed by atoms with Crippen LogP contribution in [0.1, 0.15) is 30.6 Å². The largest absolute Gasteiger partial charge is 0.462 e. The van der Waals surface area contributed by atoms with Crippen LogP contribution < -0.4 is 10.6 Å².